The average molecular weight is 361 g/mol. The highest BCUT2D eigenvalue weighted by molar-refractivity contribution is 7.98. The van der Waals surface area contributed by atoms with Crippen LogP contribution < -0.4 is 4.90 Å². The van der Waals surface area contributed by atoms with Gasteiger partial charge < -0.3 is 4.90 Å². The minimum Gasteiger partial charge on any atom is -0.339 e. The Balaban J connectivity index is 1.77. The largest absolute Gasteiger partial charge is 0.339 e. The molecule has 0 fully saturated rings. The maximum atomic E-state index is 4.60. The molecule has 3 aromatic rings. The number of hydrogen-bond acceptors (Lipinski definition) is 3. The second kappa shape index (κ2) is 8.72. The van der Waals surface area contributed by atoms with Crippen molar-refractivity contribution in [3.8, 4) is 0 Å². The van der Waals surface area contributed by atoms with E-state index in [1.807, 2.05) is 12.3 Å². The number of nitrogens with zero attached hydrogens (tertiary/aromatic N) is 2. The monoisotopic (exact) mass is 360 g/mol. The van der Waals surface area contributed by atoms with Gasteiger partial charge in [-0.3, -0.25) is 4.99 Å². The van der Waals surface area contributed by atoms with Crippen LogP contribution in [-0.4, -0.2) is 18.5 Å². The van der Waals surface area contributed by atoms with Gasteiger partial charge >= 0.3 is 0 Å². The summed E-state index contributed by atoms with van der Waals surface area (Å²) in [4.78, 5) is 8.19. The van der Waals surface area contributed by atoms with Gasteiger partial charge in [0.15, 0.2) is 0 Å². The Morgan fingerprint density at radius 3 is 2.00 bits per heavy atom. The molecule has 0 unspecified atom stereocenters. The van der Waals surface area contributed by atoms with Crippen molar-refractivity contribution in [1.29, 1.82) is 0 Å². The smallest absolute Gasteiger partial charge is 0.0631 e. The summed E-state index contributed by atoms with van der Waals surface area (Å²) in [7, 11) is 0. The van der Waals surface area contributed by atoms with Crippen molar-refractivity contribution in [1.82, 2.24) is 0 Å². The molecule has 0 atom stereocenters. The minimum atomic E-state index is 0.377. The molecule has 0 radical (unpaired) electrons. The van der Waals surface area contributed by atoms with E-state index in [9.17, 15) is 0 Å². The van der Waals surface area contributed by atoms with Crippen LogP contribution in [0, 0.1) is 0 Å². The molecule has 0 aliphatic rings. The van der Waals surface area contributed by atoms with Crippen LogP contribution in [0.2, 0.25) is 0 Å². The van der Waals surface area contributed by atoms with Gasteiger partial charge in [0.05, 0.1) is 5.69 Å². The van der Waals surface area contributed by atoms with Crippen LogP contribution in [0.4, 0.5) is 17.1 Å². The number of benzene rings is 3. The topological polar surface area (TPSA) is 15.6 Å². The lowest BCUT2D eigenvalue weighted by atomic mass is 10.2. The number of thioether (sulfide) groups is 1. The quantitative estimate of drug-likeness (QED) is 0.359. The molecule has 3 aromatic carbocycles. The van der Waals surface area contributed by atoms with Crippen molar-refractivity contribution in [2.24, 2.45) is 4.99 Å². The minimum absolute atomic E-state index is 0.377. The summed E-state index contributed by atoms with van der Waals surface area (Å²) in [5.41, 5.74) is 4.45. The molecule has 132 valence electrons. The van der Waals surface area contributed by atoms with Crippen molar-refractivity contribution in [2.75, 3.05) is 11.2 Å². The molecule has 3 rings (SSSR count). The molecule has 0 aromatic heterocycles. The molecular formula is C23H24N2S. The summed E-state index contributed by atoms with van der Waals surface area (Å²) in [6.45, 7) is 4.41. The predicted molar refractivity (Wildman–Crippen MR) is 116 cm³/mol. The van der Waals surface area contributed by atoms with Crippen molar-refractivity contribution in [3.05, 3.63) is 84.4 Å². The molecule has 0 amide bonds. The fourth-order valence-corrected chi connectivity index (χ4v) is 3.28. The van der Waals surface area contributed by atoms with Gasteiger partial charge in [-0.1, -0.05) is 30.3 Å². The van der Waals surface area contributed by atoms with Gasteiger partial charge in [-0.05, 0) is 74.2 Å². The van der Waals surface area contributed by atoms with Crippen LogP contribution in [0.1, 0.15) is 19.4 Å². The molecule has 0 saturated heterocycles. The first-order valence-corrected chi connectivity index (χ1v) is 10.0. The highest BCUT2D eigenvalue weighted by Gasteiger charge is 2.12. The van der Waals surface area contributed by atoms with E-state index in [4.69, 9.17) is 0 Å². The first-order chi connectivity index (χ1) is 12.7. The summed E-state index contributed by atoms with van der Waals surface area (Å²) in [6.07, 6.45) is 4.00. The first-order valence-electron chi connectivity index (χ1n) is 8.80. The fourth-order valence-electron chi connectivity index (χ4n) is 2.87. The summed E-state index contributed by atoms with van der Waals surface area (Å²) >= 11 is 1.75. The number of hydrogen-bond donors (Lipinski definition) is 0. The molecular weight excluding hydrogens is 336 g/mol. The van der Waals surface area contributed by atoms with E-state index < -0.39 is 0 Å². The van der Waals surface area contributed by atoms with Crippen LogP contribution in [0.5, 0.6) is 0 Å². The third kappa shape index (κ3) is 4.55. The number of rotatable bonds is 6. The molecule has 0 aliphatic heterocycles. The Kier molecular flexibility index (Phi) is 6.13. The summed E-state index contributed by atoms with van der Waals surface area (Å²) in [5.74, 6) is 0. The van der Waals surface area contributed by atoms with Gasteiger partial charge in [0, 0.05) is 28.5 Å². The van der Waals surface area contributed by atoms with E-state index in [1.54, 1.807) is 11.8 Å². The molecule has 0 saturated carbocycles. The Morgan fingerprint density at radius 1 is 0.808 bits per heavy atom. The number of aliphatic imine (C=N–C) groups is 1. The number of anilines is 2. The summed E-state index contributed by atoms with van der Waals surface area (Å²) in [6, 6.07) is 27.7. The Labute approximate surface area is 160 Å². The van der Waals surface area contributed by atoms with E-state index in [2.05, 4.69) is 103 Å². The van der Waals surface area contributed by atoms with Crippen LogP contribution in [0.3, 0.4) is 0 Å². The van der Waals surface area contributed by atoms with E-state index >= 15 is 0 Å². The zero-order valence-corrected chi connectivity index (χ0v) is 16.3. The normalized spacial score (nSPS) is 11.2. The molecule has 2 nitrogen and oxygen atoms in total. The van der Waals surface area contributed by atoms with Gasteiger partial charge in [0.2, 0.25) is 0 Å². The standard InChI is InChI=1S/C23H24N2S/c1-18(2)25(21-7-5-4-6-8-21)22-13-11-20(12-14-22)24-17-19-9-15-23(26-3)16-10-19/h4-18H,1-3H3. The third-order valence-corrected chi connectivity index (χ3v) is 4.90. The molecule has 0 aliphatic carbocycles. The first kappa shape index (κ1) is 18.3. The maximum Gasteiger partial charge on any atom is 0.0631 e. The highest BCUT2D eigenvalue weighted by atomic mass is 32.2. The second-order valence-electron chi connectivity index (χ2n) is 6.35. The second-order valence-corrected chi connectivity index (χ2v) is 7.23. The zero-order valence-electron chi connectivity index (χ0n) is 15.5. The fraction of sp³-hybridized carbons (Fsp3) is 0.174. The SMILES string of the molecule is CSc1ccc(C=Nc2ccc(N(c3ccccc3)C(C)C)cc2)cc1. The molecule has 3 heteroatoms. The van der Waals surface area contributed by atoms with E-state index in [0.717, 1.165) is 11.3 Å². The van der Waals surface area contributed by atoms with Crippen LogP contribution in [-0.2, 0) is 0 Å². The summed E-state index contributed by atoms with van der Waals surface area (Å²) in [5, 5.41) is 0. The third-order valence-electron chi connectivity index (χ3n) is 4.16. The van der Waals surface area contributed by atoms with E-state index in [-0.39, 0.29) is 0 Å². The predicted octanol–water partition coefficient (Wildman–Crippen LogP) is 6.71. The lowest BCUT2D eigenvalue weighted by Crippen LogP contribution is -2.25. The van der Waals surface area contributed by atoms with Gasteiger partial charge in [-0.2, -0.15) is 0 Å². The summed E-state index contributed by atoms with van der Waals surface area (Å²) < 4.78 is 0. The Morgan fingerprint density at radius 2 is 1.42 bits per heavy atom. The number of para-hydroxylation sites is 1. The van der Waals surface area contributed by atoms with Gasteiger partial charge in [0.25, 0.3) is 0 Å². The van der Waals surface area contributed by atoms with E-state index in [1.165, 1.54) is 16.3 Å². The average Bonchev–Trinajstić information content (AvgIpc) is 2.68. The molecule has 0 spiro atoms. The van der Waals surface area contributed by atoms with Crippen molar-refractivity contribution < 1.29 is 0 Å². The highest BCUT2D eigenvalue weighted by Crippen LogP contribution is 2.29. The van der Waals surface area contributed by atoms with Crippen molar-refractivity contribution in [2.45, 2.75) is 24.8 Å². The lowest BCUT2D eigenvalue weighted by Gasteiger charge is -2.29. The van der Waals surface area contributed by atoms with Crippen molar-refractivity contribution >= 4 is 35.0 Å². The lowest BCUT2D eigenvalue weighted by molar-refractivity contribution is 0.789. The van der Waals surface area contributed by atoms with Gasteiger partial charge in [-0.15, -0.1) is 11.8 Å². The molecule has 0 N–H and O–H groups in total. The van der Waals surface area contributed by atoms with Gasteiger partial charge in [0.1, 0.15) is 0 Å². The van der Waals surface area contributed by atoms with Gasteiger partial charge in [-0.25, -0.2) is 0 Å². The molecule has 26 heavy (non-hydrogen) atoms. The zero-order chi connectivity index (χ0) is 18.4. The Hall–Kier alpha value is -2.52. The van der Waals surface area contributed by atoms with Crippen LogP contribution in [0.25, 0.3) is 0 Å². The molecule has 0 heterocycles. The maximum absolute atomic E-state index is 4.60. The molecule has 0 bridgehead atoms. The van der Waals surface area contributed by atoms with Crippen LogP contribution in [0.15, 0.2) is 88.8 Å². The van der Waals surface area contributed by atoms with Crippen LogP contribution >= 0.6 is 11.8 Å². The van der Waals surface area contributed by atoms with Crippen molar-refractivity contribution in [3.63, 3.8) is 0 Å². The Bertz CT molecular complexity index is 838. The van der Waals surface area contributed by atoms with E-state index in [0.29, 0.717) is 6.04 Å².